The molecule has 42 heavy (non-hydrogen) atoms. The highest BCUT2D eigenvalue weighted by molar-refractivity contribution is 6.44. The van der Waals surface area contributed by atoms with Crippen molar-refractivity contribution in [3.8, 4) is 44.8 Å². The molecule has 0 unspecified atom stereocenters. The lowest BCUT2D eigenvalue weighted by molar-refractivity contribution is -0.120. The van der Waals surface area contributed by atoms with Crippen molar-refractivity contribution in [1.82, 2.24) is 19.1 Å². The van der Waals surface area contributed by atoms with Gasteiger partial charge in [-0.2, -0.15) is 0 Å². The van der Waals surface area contributed by atoms with Gasteiger partial charge in [0.25, 0.3) is 0 Å². The Balaban J connectivity index is 1.23. The Bertz CT molecular complexity index is 1760. The molecule has 0 aliphatic carbocycles. The van der Waals surface area contributed by atoms with Crippen molar-refractivity contribution >= 4 is 52.2 Å². The van der Waals surface area contributed by atoms with Crippen molar-refractivity contribution in [1.29, 1.82) is 0 Å². The van der Waals surface area contributed by atoms with Crippen LogP contribution in [0.1, 0.15) is 0 Å². The maximum atomic E-state index is 13.1. The number of hydrogen-bond donors (Lipinski definition) is 0. The molecule has 9 heteroatoms. The minimum atomic E-state index is -0.0381. The lowest BCUT2D eigenvalue weighted by Crippen LogP contribution is -2.14. The molecule has 0 bridgehead atoms. The molecule has 0 spiro atoms. The van der Waals surface area contributed by atoms with Crippen LogP contribution in [0.25, 0.3) is 44.8 Å². The highest BCUT2D eigenvalue weighted by Crippen LogP contribution is 2.42. The first-order valence-electron chi connectivity index (χ1n) is 13.0. The van der Waals surface area contributed by atoms with E-state index in [9.17, 15) is 4.79 Å². The van der Waals surface area contributed by atoms with Gasteiger partial charge >= 0.3 is 0 Å². The minimum Gasteiger partial charge on any atom is -0.329 e. The number of nitrogens with zero attached hydrogens (tertiary/aromatic N) is 4. The van der Waals surface area contributed by atoms with E-state index in [1.165, 1.54) is 0 Å². The fourth-order valence-electron chi connectivity index (χ4n) is 4.93. The molecule has 6 rings (SSSR count). The van der Waals surface area contributed by atoms with Crippen molar-refractivity contribution in [3.63, 3.8) is 0 Å². The quantitative estimate of drug-likeness (QED) is 0.168. The Morgan fingerprint density at radius 3 is 1.38 bits per heavy atom. The molecule has 0 aliphatic heterocycles. The zero-order chi connectivity index (χ0) is 29.2. The molecule has 0 saturated carbocycles. The van der Waals surface area contributed by atoms with E-state index in [2.05, 4.69) is 9.97 Å². The Hall–Kier alpha value is -3.87. The third-order valence-electron chi connectivity index (χ3n) is 6.86. The second-order valence-corrected chi connectivity index (χ2v) is 11.3. The van der Waals surface area contributed by atoms with Crippen LogP contribution in [0.4, 0.5) is 0 Å². The summed E-state index contributed by atoms with van der Waals surface area (Å²) in [5, 5.41) is 1.69. The molecular formula is C33H22Cl4N4O. The lowest BCUT2D eigenvalue weighted by atomic mass is 9.98. The molecule has 4 aromatic carbocycles. The van der Waals surface area contributed by atoms with E-state index < -0.39 is 0 Å². The van der Waals surface area contributed by atoms with Crippen LogP contribution in [0.15, 0.2) is 110 Å². The summed E-state index contributed by atoms with van der Waals surface area (Å²) in [6.07, 6.45) is 6.85. The van der Waals surface area contributed by atoms with Crippen molar-refractivity contribution in [3.05, 3.63) is 130 Å². The number of carbonyl (C=O) groups is 1. The summed E-state index contributed by atoms with van der Waals surface area (Å²) in [6, 6.07) is 27.2. The zero-order valence-corrected chi connectivity index (χ0v) is 25.0. The number of Topliss-reactive ketones (excluding diaryl/α,β-unsaturated/α-hetero) is 1. The van der Waals surface area contributed by atoms with E-state index in [1.807, 2.05) is 72.8 Å². The van der Waals surface area contributed by atoms with Gasteiger partial charge in [-0.15, -0.1) is 0 Å². The Morgan fingerprint density at radius 1 is 0.571 bits per heavy atom. The van der Waals surface area contributed by atoms with Crippen LogP contribution in [0.2, 0.25) is 20.1 Å². The van der Waals surface area contributed by atoms with Gasteiger partial charge in [-0.1, -0.05) is 119 Å². The molecule has 0 amide bonds. The minimum absolute atomic E-state index is 0.0381. The van der Waals surface area contributed by atoms with E-state index in [4.69, 9.17) is 46.4 Å². The molecule has 5 nitrogen and oxygen atoms in total. The number of imidazole rings is 2. The highest BCUT2D eigenvalue weighted by Gasteiger charge is 2.19. The van der Waals surface area contributed by atoms with Crippen molar-refractivity contribution in [2.45, 2.75) is 13.1 Å². The number of benzene rings is 4. The molecule has 2 heterocycles. The molecular weight excluding hydrogens is 610 g/mol. The Kier molecular flexibility index (Phi) is 8.18. The Morgan fingerprint density at radius 2 is 0.976 bits per heavy atom. The van der Waals surface area contributed by atoms with Crippen LogP contribution in [0.3, 0.4) is 0 Å². The maximum absolute atomic E-state index is 13.1. The summed E-state index contributed by atoms with van der Waals surface area (Å²) in [6.45, 7) is 0.235. The van der Waals surface area contributed by atoms with Crippen molar-refractivity contribution in [2.24, 2.45) is 0 Å². The standard InChI is InChI=1S/C33H22Cl4N4O/c34-26-13-11-24(21-7-3-1-4-8-21)30(32(26)36)28-17-40(19-38-28)15-23(42)16-41-18-29(39-20-41)31-25(12-14-27(35)33(31)37)22-9-5-2-6-10-22/h1-14,17-20H,15-16H2. The van der Waals surface area contributed by atoms with E-state index >= 15 is 0 Å². The average Bonchev–Trinajstić information content (AvgIpc) is 3.66. The molecule has 0 fully saturated rings. The van der Waals surface area contributed by atoms with Crippen LogP contribution in [0, 0.1) is 0 Å². The van der Waals surface area contributed by atoms with Gasteiger partial charge in [0.2, 0.25) is 0 Å². The predicted octanol–water partition coefficient (Wildman–Crippen LogP) is 9.63. The summed E-state index contributed by atoms with van der Waals surface area (Å²) in [5.74, 6) is -0.0381. The average molecular weight is 632 g/mol. The van der Waals surface area contributed by atoms with Gasteiger partial charge in [-0.25, -0.2) is 9.97 Å². The van der Waals surface area contributed by atoms with Gasteiger partial charge in [0.05, 0.1) is 57.2 Å². The van der Waals surface area contributed by atoms with E-state index in [0.717, 1.165) is 22.3 Å². The van der Waals surface area contributed by atoms with Crippen LogP contribution in [-0.2, 0) is 17.9 Å². The molecule has 0 aliphatic rings. The summed E-state index contributed by atoms with van der Waals surface area (Å²) >= 11 is 26.0. The number of halogens is 4. The van der Waals surface area contributed by atoms with E-state index in [0.29, 0.717) is 42.6 Å². The number of carbonyl (C=O) groups excluding carboxylic acids is 1. The molecule has 0 N–H and O–H groups in total. The third-order valence-corrected chi connectivity index (χ3v) is 8.46. The van der Waals surface area contributed by atoms with Crippen molar-refractivity contribution in [2.75, 3.05) is 0 Å². The number of aromatic nitrogens is 4. The highest BCUT2D eigenvalue weighted by atomic mass is 35.5. The van der Waals surface area contributed by atoms with Crippen LogP contribution in [-0.4, -0.2) is 24.9 Å². The fraction of sp³-hybridized carbons (Fsp3) is 0.0606. The molecule has 6 aromatic rings. The smallest absolute Gasteiger partial charge is 0.172 e. The van der Waals surface area contributed by atoms with Gasteiger partial charge in [-0.3, -0.25) is 4.79 Å². The number of ketones is 1. The normalized spacial score (nSPS) is 11.1. The summed E-state index contributed by atoms with van der Waals surface area (Å²) in [7, 11) is 0. The molecule has 2 aromatic heterocycles. The van der Waals surface area contributed by atoms with Crippen LogP contribution < -0.4 is 0 Å². The summed E-state index contributed by atoms with van der Waals surface area (Å²) < 4.78 is 3.48. The molecule has 0 saturated heterocycles. The van der Waals surface area contributed by atoms with Crippen LogP contribution in [0.5, 0.6) is 0 Å². The summed E-state index contributed by atoms with van der Waals surface area (Å²) in [5.41, 5.74) is 6.47. The van der Waals surface area contributed by atoms with E-state index in [-0.39, 0.29) is 18.9 Å². The van der Waals surface area contributed by atoms with Gasteiger partial charge in [-0.05, 0) is 34.4 Å². The number of hydrogen-bond acceptors (Lipinski definition) is 3. The van der Waals surface area contributed by atoms with E-state index in [1.54, 1.807) is 46.3 Å². The monoisotopic (exact) mass is 630 g/mol. The molecule has 208 valence electrons. The van der Waals surface area contributed by atoms with Crippen LogP contribution >= 0.6 is 46.4 Å². The fourth-order valence-corrected chi connectivity index (χ4v) is 5.77. The first-order valence-corrected chi connectivity index (χ1v) is 14.5. The summed E-state index contributed by atoms with van der Waals surface area (Å²) in [4.78, 5) is 22.2. The first kappa shape index (κ1) is 28.3. The number of rotatable bonds is 8. The van der Waals surface area contributed by atoms with Gasteiger partial charge in [0, 0.05) is 23.5 Å². The maximum Gasteiger partial charge on any atom is 0.172 e. The zero-order valence-electron chi connectivity index (χ0n) is 22.0. The van der Waals surface area contributed by atoms with Gasteiger partial charge in [0.1, 0.15) is 0 Å². The van der Waals surface area contributed by atoms with Gasteiger partial charge < -0.3 is 9.13 Å². The van der Waals surface area contributed by atoms with Gasteiger partial charge in [0.15, 0.2) is 5.78 Å². The predicted molar refractivity (Wildman–Crippen MR) is 171 cm³/mol. The Labute approximate surface area is 262 Å². The lowest BCUT2D eigenvalue weighted by Gasteiger charge is -2.11. The topological polar surface area (TPSA) is 52.7 Å². The van der Waals surface area contributed by atoms with Crippen molar-refractivity contribution < 1.29 is 4.79 Å². The first-order chi connectivity index (χ1) is 20.4. The molecule has 0 atom stereocenters. The second-order valence-electron chi connectivity index (χ2n) is 9.70. The second kappa shape index (κ2) is 12.2. The molecule has 0 radical (unpaired) electrons. The SMILES string of the molecule is O=C(Cn1cnc(-c2c(-c3ccccc3)ccc(Cl)c2Cl)c1)Cn1cnc(-c2c(-c3ccccc3)ccc(Cl)c2Cl)c1. The third kappa shape index (κ3) is 5.74. The largest absolute Gasteiger partial charge is 0.329 e.